The summed E-state index contributed by atoms with van der Waals surface area (Å²) in [5.41, 5.74) is 5.91. The van der Waals surface area contributed by atoms with Crippen LogP contribution in [0.5, 0.6) is 0 Å². The van der Waals surface area contributed by atoms with Gasteiger partial charge in [0.1, 0.15) is 5.69 Å². The lowest BCUT2D eigenvalue weighted by atomic mass is 10.2. The second-order valence-corrected chi connectivity index (χ2v) is 5.01. The predicted octanol–water partition coefficient (Wildman–Crippen LogP) is 2.56. The van der Waals surface area contributed by atoms with E-state index < -0.39 is 11.8 Å². The third-order valence-corrected chi connectivity index (χ3v) is 3.34. The zero-order valence-electron chi connectivity index (χ0n) is 11.1. The molecule has 0 saturated carbocycles. The molecule has 6 nitrogen and oxygen atoms in total. The SMILES string of the molecule is CCn1ncc(NC(=O)c2ccc(Cl)cc2Cl)c1C(N)=O. The molecule has 8 heteroatoms. The van der Waals surface area contributed by atoms with E-state index in [9.17, 15) is 9.59 Å². The third kappa shape index (κ3) is 3.17. The molecule has 110 valence electrons. The molecule has 1 aromatic heterocycles. The summed E-state index contributed by atoms with van der Waals surface area (Å²) in [7, 11) is 0. The van der Waals surface area contributed by atoms with Crippen LogP contribution in [0.15, 0.2) is 24.4 Å². The van der Waals surface area contributed by atoms with Crippen molar-refractivity contribution in [3.05, 3.63) is 45.7 Å². The zero-order chi connectivity index (χ0) is 15.6. The summed E-state index contributed by atoms with van der Waals surface area (Å²) in [6, 6.07) is 4.50. The molecule has 0 atom stereocenters. The second-order valence-electron chi connectivity index (χ2n) is 4.17. The van der Waals surface area contributed by atoms with Gasteiger partial charge in [-0.05, 0) is 25.1 Å². The minimum absolute atomic E-state index is 0.135. The normalized spacial score (nSPS) is 10.4. The summed E-state index contributed by atoms with van der Waals surface area (Å²) in [6.45, 7) is 2.26. The number of halogens is 2. The monoisotopic (exact) mass is 326 g/mol. The summed E-state index contributed by atoms with van der Waals surface area (Å²) in [4.78, 5) is 23.6. The first kappa shape index (κ1) is 15.3. The molecule has 0 unspecified atom stereocenters. The number of amides is 2. The van der Waals surface area contributed by atoms with Gasteiger partial charge in [0.25, 0.3) is 11.8 Å². The van der Waals surface area contributed by atoms with E-state index in [-0.39, 0.29) is 22.0 Å². The van der Waals surface area contributed by atoms with Gasteiger partial charge in [-0.2, -0.15) is 5.10 Å². The zero-order valence-corrected chi connectivity index (χ0v) is 12.6. The Bertz CT molecular complexity index is 712. The number of nitrogens with zero attached hydrogens (tertiary/aromatic N) is 2. The molecule has 2 aromatic rings. The highest BCUT2D eigenvalue weighted by Crippen LogP contribution is 2.23. The van der Waals surface area contributed by atoms with Gasteiger partial charge < -0.3 is 11.1 Å². The van der Waals surface area contributed by atoms with Gasteiger partial charge >= 0.3 is 0 Å². The molecule has 0 spiro atoms. The molecule has 0 aliphatic heterocycles. The smallest absolute Gasteiger partial charge is 0.269 e. The number of nitrogens with one attached hydrogen (secondary N) is 1. The molecule has 21 heavy (non-hydrogen) atoms. The summed E-state index contributed by atoms with van der Waals surface area (Å²) in [5, 5.41) is 7.19. The van der Waals surface area contributed by atoms with E-state index in [1.807, 2.05) is 0 Å². The van der Waals surface area contributed by atoms with Crippen molar-refractivity contribution in [1.29, 1.82) is 0 Å². The van der Waals surface area contributed by atoms with Crippen LogP contribution in [0, 0.1) is 0 Å². The van der Waals surface area contributed by atoms with E-state index in [1.165, 1.54) is 23.0 Å². The number of carbonyl (C=O) groups excluding carboxylic acids is 2. The maximum Gasteiger partial charge on any atom is 0.269 e. The fourth-order valence-electron chi connectivity index (χ4n) is 1.84. The number of carbonyl (C=O) groups is 2. The summed E-state index contributed by atoms with van der Waals surface area (Å²) < 4.78 is 1.40. The molecule has 0 aliphatic rings. The van der Waals surface area contributed by atoms with Crippen LogP contribution in [0.25, 0.3) is 0 Å². The number of hydrogen-bond donors (Lipinski definition) is 2. The highest BCUT2D eigenvalue weighted by molar-refractivity contribution is 6.37. The Hall–Kier alpha value is -2.05. The van der Waals surface area contributed by atoms with E-state index in [0.29, 0.717) is 11.6 Å². The largest absolute Gasteiger partial charge is 0.364 e. The average molecular weight is 327 g/mol. The Morgan fingerprint density at radius 1 is 1.38 bits per heavy atom. The van der Waals surface area contributed by atoms with E-state index in [4.69, 9.17) is 28.9 Å². The maximum absolute atomic E-state index is 12.2. The first-order valence-corrected chi connectivity index (χ1v) is 6.81. The van der Waals surface area contributed by atoms with Gasteiger partial charge in [-0.25, -0.2) is 0 Å². The predicted molar refractivity (Wildman–Crippen MR) is 80.8 cm³/mol. The molecule has 0 aliphatic carbocycles. The Labute approximate surface area is 130 Å². The Balaban J connectivity index is 2.32. The van der Waals surface area contributed by atoms with Crippen LogP contribution >= 0.6 is 23.2 Å². The van der Waals surface area contributed by atoms with E-state index in [2.05, 4.69) is 10.4 Å². The number of anilines is 1. The minimum atomic E-state index is -0.674. The fraction of sp³-hybridized carbons (Fsp3) is 0.154. The molecule has 0 bridgehead atoms. The standard InChI is InChI=1S/C13H12Cl2N4O2/c1-2-19-11(12(16)20)10(6-17-19)18-13(21)8-4-3-7(14)5-9(8)15/h3-6H,2H2,1H3,(H2,16,20)(H,18,21). The summed E-state index contributed by atoms with van der Waals surface area (Å²) >= 11 is 11.7. The van der Waals surface area contributed by atoms with Crippen molar-refractivity contribution in [3.63, 3.8) is 0 Å². The summed E-state index contributed by atoms with van der Waals surface area (Å²) in [5.74, 6) is -1.15. The van der Waals surface area contributed by atoms with Crippen molar-refractivity contribution in [2.75, 3.05) is 5.32 Å². The summed E-state index contributed by atoms with van der Waals surface area (Å²) in [6.07, 6.45) is 1.37. The minimum Gasteiger partial charge on any atom is -0.364 e. The fourth-order valence-corrected chi connectivity index (χ4v) is 2.33. The van der Waals surface area contributed by atoms with Crippen molar-refractivity contribution < 1.29 is 9.59 Å². The molecule has 0 radical (unpaired) electrons. The molecular formula is C13H12Cl2N4O2. The quantitative estimate of drug-likeness (QED) is 0.904. The van der Waals surface area contributed by atoms with Gasteiger partial charge in [0.05, 0.1) is 22.5 Å². The first-order chi connectivity index (χ1) is 9.93. The van der Waals surface area contributed by atoms with E-state index >= 15 is 0 Å². The number of primary amides is 1. The lowest BCUT2D eigenvalue weighted by Gasteiger charge is -2.07. The van der Waals surface area contributed by atoms with Crippen LogP contribution in [-0.4, -0.2) is 21.6 Å². The van der Waals surface area contributed by atoms with Crippen molar-refractivity contribution in [2.45, 2.75) is 13.5 Å². The van der Waals surface area contributed by atoms with Crippen molar-refractivity contribution in [2.24, 2.45) is 5.73 Å². The third-order valence-electron chi connectivity index (χ3n) is 2.80. The molecule has 1 heterocycles. The first-order valence-electron chi connectivity index (χ1n) is 6.06. The number of hydrogen-bond acceptors (Lipinski definition) is 3. The Morgan fingerprint density at radius 2 is 2.10 bits per heavy atom. The van der Waals surface area contributed by atoms with Gasteiger partial charge in [-0.15, -0.1) is 0 Å². The Morgan fingerprint density at radius 3 is 2.67 bits per heavy atom. The average Bonchev–Trinajstić information content (AvgIpc) is 2.81. The molecule has 0 fully saturated rings. The number of aromatic nitrogens is 2. The van der Waals surface area contributed by atoms with Crippen molar-refractivity contribution >= 4 is 40.7 Å². The number of nitrogens with two attached hydrogens (primary N) is 1. The molecule has 1 aromatic carbocycles. The highest BCUT2D eigenvalue weighted by Gasteiger charge is 2.19. The van der Waals surface area contributed by atoms with Gasteiger partial charge in [-0.1, -0.05) is 23.2 Å². The van der Waals surface area contributed by atoms with Crippen LogP contribution in [0.4, 0.5) is 5.69 Å². The van der Waals surface area contributed by atoms with Gasteiger partial charge in [-0.3, -0.25) is 14.3 Å². The van der Waals surface area contributed by atoms with Crippen LogP contribution in [0.1, 0.15) is 27.8 Å². The highest BCUT2D eigenvalue weighted by atomic mass is 35.5. The van der Waals surface area contributed by atoms with Crippen LogP contribution < -0.4 is 11.1 Å². The van der Waals surface area contributed by atoms with E-state index in [1.54, 1.807) is 13.0 Å². The Kier molecular flexibility index (Phi) is 4.50. The van der Waals surface area contributed by atoms with Crippen molar-refractivity contribution in [3.8, 4) is 0 Å². The lowest BCUT2D eigenvalue weighted by molar-refractivity contribution is 0.0991. The maximum atomic E-state index is 12.2. The number of benzene rings is 1. The van der Waals surface area contributed by atoms with Gasteiger partial charge in [0.2, 0.25) is 0 Å². The topological polar surface area (TPSA) is 90.0 Å². The molecule has 2 amide bonds. The van der Waals surface area contributed by atoms with E-state index in [0.717, 1.165) is 0 Å². The molecule has 3 N–H and O–H groups in total. The molecule has 0 saturated heterocycles. The number of rotatable bonds is 4. The van der Waals surface area contributed by atoms with Crippen LogP contribution in [-0.2, 0) is 6.54 Å². The second kappa shape index (κ2) is 6.15. The lowest BCUT2D eigenvalue weighted by Crippen LogP contribution is -2.21. The van der Waals surface area contributed by atoms with Crippen LogP contribution in [0.2, 0.25) is 10.0 Å². The number of aryl methyl sites for hydroxylation is 1. The van der Waals surface area contributed by atoms with Crippen molar-refractivity contribution in [1.82, 2.24) is 9.78 Å². The van der Waals surface area contributed by atoms with Gasteiger partial charge in [0, 0.05) is 11.6 Å². The molecule has 2 rings (SSSR count). The van der Waals surface area contributed by atoms with Crippen LogP contribution in [0.3, 0.4) is 0 Å². The van der Waals surface area contributed by atoms with Gasteiger partial charge in [0.15, 0.2) is 0 Å². The molecular weight excluding hydrogens is 315 g/mol.